The summed E-state index contributed by atoms with van der Waals surface area (Å²) in [6, 6.07) is 0. The fourth-order valence-corrected chi connectivity index (χ4v) is 2.30. The fourth-order valence-electron chi connectivity index (χ4n) is 2.30. The Morgan fingerprint density at radius 2 is 2.17 bits per heavy atom. The summed E-state index contributed by atoms with van der Waals surface area (Å²) in [6.45, 7) is 8.89. The van der Waals surface area contributed by atoms with Crippen molar-refractivity contribution in [2.24, 2.45) is 11.3 Å². The van der Waals surface area contributed by atoms with Gasteiger partial charge in [0, 0.05) is 13.1 Å². The summed E-state index contributed by atoms with van der Waals surface area (Å²) in [6.07, 6.45) is 5.78. The van der Waals surface area contributed by atoms with Crippen LogP contribution in [0.2, 0.25) is 0 Å². The molecule has 1 heterocycles. The molecule has 0 radical (unpaired) electrons. The Bertz CT molecular complexity index is 160. The van der Waals surface area contributed by atoms with Gasteiger partial charge in [0.15, 0.2) is 0 Å². The van der Waals surface area contributed by atoms with Crippen molar-refractivity contribution in [1.82, 2.24) is 4.90 Å². The average Bonchev–Trinajstić information content (AvgIpc) is 2.63. The van der Waals surface area contributed by atoms with Gasteiger partial charge in [-0.1, -0.05) is 20.3 Å². The normalized spacial score (nSPS) is 34.0. The number of rotatable bonds is 3. The quantitative estimate of drug-likeness (QED) is 0.624. The highest BCUT2D eigenvalue weighted by molar-refractivity contribution is 4.92. The van der Waals surface area contributed by atoms with E-state index in [2.05, 4.69) is 18.7 Å². The highest BCUT2D eigenvalue weighted by atomic mass is 15.2. The first-order valence-electron chi connectivity index (χ1n) is 5.44. The minimum absolute atomic E-state index is 0.725. The lowest BCUT2D eigenvalue weighted by molar-refractivity contribution is 0.266. The standard InChI is InChI=1S/C11H21N/c1-3-10-4-7-12(8-10)9-11(2)5-6-11/h10H,3-9H2,1-2H3. The average molecular weight is 167 g/mol. The molecule has 1 nitrogen and oxygen atoms in total. The van der Waals surface area contributed by atoms with E-state index in [0.717, 1.165) is 11.3 Å². The third-order valence-corrected chi connectivity index (χ3v) is 3.66. The molecule has 1 heteroatoms. The summed E-state index contributed by atoms with van der Waals surface area (Å²) in [4.78, 5) is 2.68. The van der Waals surface area contributed by atoms with Gasteiger partial charge in [0.2, 0.25) is 0 Å². The molecule has 1 saturated heterocycles. The Hall–Kier alpha value is -0.0400. The summed E-state index contributed by atoms with van der Waals surface area (Å²) in [5.74, 6) is 1.01. The molecule has 0 aromatic carbocycles. The highest BCUT2D eigenvalue weighted by Crippen LogP contribution is 2.46. The molecule has 12 heavy (non-hydrogen) atoms. The van der Waals surface area contributed by atoms with Crippen LogP contribution in [0.1, 0.15) is 39.5 Å². The Kier molecular flexibility index (Phi) is 2.16. The number of nitrogens with zero attached hydrogens (tertiary/aromatic N) is 1. The van der Waals surface area contributed by atoms with Gasteiger partial charge in [-0.15, -0.1) is 0 Å². The van der Waals surface area contributed by atoms with Crippen LogP contribution >= 0.6 is 0 Å². The first kappa shape index (κ1) is 8.55. The topological polar surface area (TPSA) is 3.24 Å². The van der Waals surface area contributed by atoms with Crippen LogP contribution in [-0.2, 0) is 0 Å². The Balaban J connectivity index is 1.76. The van der Waals surface area contributed by atoms with Crippen molar-refractivity contribution in [2.75, 3.05) is 19.6 Å². The van der Waals surface area contributed by atoms with Crippen LogP contribution in [0.3, 0.4) is 0 Å². The minimum atomic E-state index is 0.725. The second-order valence-corrected chi connectivity index (χ2v) is 5.11. The van der Waals surface area contributed by atoms with E-state index in [1.165, 1.54) is 45.3 Å². The van der Waals surface area contributed by atoms with Crippen molar-refractivity contribution in [2.45, 2.75) is 39.5 Å². The molecule has 0 amide bonds. The number of hydrogen-bond donors (Lipinski definition) is 0. The smallest absolute Gasteiger partial charge is 0.00354 e. The van der Waals surface area contributed by atoms with Crippen LogP contribution in [0.4, 0.5) is 0 Å². The van der Waals surface area contributed by atoms with Crippen LogP contribution < -0.4 is 0 Å². The summed E-state index contributed by atoms with van der Waals surface area (Å²) in [5, 5.41) is 0. The molecule has 1 aliphatic heterocycles. The summed E-state index contributed by atoms with van der Waals surface area (Å²) in [7, 11) is 0. The lowest BCUT2D eigenvalue weighted by Crippen LogP contribution is -2.27. The summed E-state index contributed by atoms with van der Waals surface area (Å²) < 4.78 is 0. The highest BCUT2D eigenvalue weighted by Gasteiger charge is 2.39. The molecule has 1 saturated carbocycles. The van der Waals surface area contributed by atoms with E-state index in [4.69, 9.17) is 0 Å². The monoisotopic (exact) mass is 167 g/mol. The van der Waals surface area contributed by atoms with Gasteiger partial charge >= 0.3 is 0 Å². The van der Waals surface area contributed by atoms with Crippen molar-refractivity contribution in [3.63, 3.8) is 0 Å². The zero-order valence-corrected chi connectivity index (χ0v) is 8.47. The minimum Gasteiger partial charge on any atom is -0.303 e. The third-order valence-electron chi connectivity index (χ3n) is 3.66. The van der Waals surface area contributed by atoms with Crippen molar-refractivity contribution < 1.29 is 0 Å². The maximum Gasteiger partial charge on any atom is 0.00354 e. The zero-order valence-electron chi connectivity index (χ0n) is 8.47. The Morgan fingerprint density at radius 3 is 2.67 bits per heavy atom. The van der Waals surface area contributed by atoms with E-state index in [1.807, 2.05) is 0 Å². The predicted molar refractivity (Wildman–Crippen MR) is 52.2 cm³/mol. The molecule has 1 aliphatic carbocycles. The third kappa shape index (κ3) is 1.82. The van der Waals surface area contributed by atoms with E-state index in [9.17, 15) is 0 Å². The molecular weight excluding hydrogens is 146 g/mol. The molecule has 70 valence electrons. The molecule has 2 fully saturated rings. The largest absolute Gasteiger partial charge is 0.303 e. The molecule has 1 atom stereocenters. The van der Waals surface area contributed by atoms with Gasteiger partial charge in [-0.2, -0.15) is 0 Å². The Labute approximate surface area is 76.1 Å². The van der Waals surface area contributed by atoms with E-state index >= 15 is 0 Å². The fraction of sp³-hybridized carbons (Fsp3) is 1.00. The molecule has 0 aromatic rings. The van der Waals surface area contributed by atoms with Gasteiger partial charge < -0.3 is 4.90 Å². The second-order valence-electron chi connectivity index (χ2n) is 5.11. The second kappa shape index (κ2) is 3.02. The maximum absolute atomic E-state index is 2.68. The molecule has 2 aliphatic rings. The van der Waals surface area contributed by atoms with Gasteiger partial charge in [0.05, 0.1) is 0 Å². The van der Waals surface area contributed by atoms with Crippen molar-refractivity contribution in [1.29, 1.82) is 0 Å². The first-order valence-corrected chi connectivity index (χ1v) is 5.44. The zero-order chi connectivity index (χ0) is 8.60. The molecule has 0 aromatic heterocycles. The molecule has 0 spiro atoms. The molecule has 2 rings (SSSR count). The van der Waals surface area contributed by atoms with Gasteiger partial charge in [-0.05, 0) is 37.1 Å². The summed E-state index contributed by atoms with van der Waals surface area (Å²) >= 11 is 0. The molecule has 1 unspecified atom stereocenters. The van der Waals surface area contributed by atoms with Crippen LogP contribution in [0, 0.1) is 11.3 Å². The van der Waals surface area contributed by atoms with Crippen LogP contribution in [0.5, 0.6) is 0 Å². The first-order chi connectivity index (χ1) is 5.72. The van der Waals surface area contributed by atoms with Crippen molar-refractivity contribution in [3.8, 4) is 0 Å². The lowest BCUT2D eigenvalue weighted by atomic mass is 10.1. The number of hydrogen-bond acceptors (Lipinski definition) is 1. The van der Waals surface area contributed by atoms with Gasteiger partial charge in [0.1, 0.15) is 0 Å². The summed E-state index contributed by atoms with van der Waals surface area (Å²) in [5.41, 5.74) is 0.725. The predicted octanol–water partition coefficient (Wildman–Crippen LogP) is 2.52. The Morgan fingerprint density at radius 1 is 1.42 bits per heavy atom. The molecular formula is C11H21N. The maximum atomic E-state index is 2.68. The van der Waals surface area contributed by atoms with Crippen molar-refractivity contribution >= 4 is 0 Å². The lowest BCUT2D eigenvalue weighted by Gasteiger charge is -2.19. The number of likely N-dealkylation sites (tertiary alicyclic amines) is 1. The van der Waals surface area contributed by atoms with Crippen LogP contribution in [0.15, 0.2) is 0 Å². The van der Waals surface area contributed by atoms with E-state index in [0.29, 0.717) is 0 Å². The van der Waals surface area contributed by atoms with Gasteiger partial charge in [-0.25, -0.2) is 0 Å². The van der Waals surface area contributed by atoms with E-state index in [-0.39, 0.29) is 0 Å². The van der Waals surface area contributed by atoms with Gasteiger partial charge in [-0.3, -0.25) is 0 Å². The van der Waals surface area contributed by atoms with E-state index in [1.54, 1.807) is 0 Å². The SMILES string of the molecule is CCC1CCN(CC2(C)CC2)C1. The van der Waals surface area contributed by atoms with Crippen LogP contribution in [0.25, 0.3) is 0 Å². The molecule has 0 bridgehead atoms. The van der Waals surface area contributed by atoms with Crippen LogP contribution in [-0.4, -0.2) is 24.5 Å². The van der Waals surface area contributed by atoms with Gasteiger partial charge in [0.25, 0.3) is 0 Å². The van der Waals surface area contributed by atoms with E-state index < -0.39 is 0 Å². The molecule has 0 N–H and O–H groups in total. The van der Waals surface area contributed by atoms with Crippen molar-refractivity contribution in [3.05, 3.63) is 0 Å².